The second kappa shape index (κ2) is 6.51. The average molecular weight is 332 g/mol. The number of hydrazone groups is 1. The monoisotopic (exact) mass is 332 g/mol. The zero-order valence-corrected chi connectivity index (χ0v) is 14.1. The molecule has 2 heterocycles. The van der Waals surface area contributed by atoms with Gasteiger partial charge in [-0.2, -0.15) is 5.10 Å². The van der Waals surface area contributed by atoms with Crippen LogP contribution in [0.25, 0.3) is 0 Å². The number of hydrogen-bond acceptors (Lipinski definition) is 5. The molecule has 1 N–H and O–H groups in total. The van der Waals surface area contributed by atoms with Crippen LogP contribution in [0.2, 0.25) is 0 Å². The quantitative estimate of drug-likeness (QED) is 0.879. The molecule has 0 amide bonds. The summed E-state index contributed by atoms with van der Waals surface area (Å²) in [6, 6.07) is 15.7. The fourth-order valence-electron chi connectivity index (χ4n) is 3.24. The van der Waals surface area contributed by atoms with Crippen molar-refractivity contribution in [2.75, 3.05) is 13.1 Å². The Kier molecular flexibility index (Phi) is 4.06. The van der Waals surface area contributed by atoms with E-state index in [1.807, 2.05) is 60.6 Å². The van der Waals surface area contributed by atoms with Gasteiger partial charge in [-0.1, -0.05) is 54.1 Å². The first-order chi connectivity index (χ1) is 12.2. The van der Waals surface area contributed by atoms with E-state index in [0.29, 0.717) is 6.42 Å². The van der Waals surface area contributed by atoms with E-state index in [2.05, 4.69) is 21.5 Å². The number of Topliss-reactive ketones (excluding diaryl/α,β-unsaturated/α-hetero) is 1. The smallest absolute Gasteiger partial charge is 0.215 e. The number of carbonyl (C=O) groups excluding carboxylic acids is 1. The number of nitrogens with one attached hydrogen (secondary N) is 1. The number of rotatable bonds is 3. The van der Waals surface area contributed by atoms with Gasteiger partial charge >= 0.3 is 0 Å². The Hall–Kier alpha value is -2.95. The Labute approximate surface area is 147 Å². The molecule has 0 spiro atoms. The minimum absolute atomic E-state index is 0.112. The van der Waals surface area contributed by atoms with E-state index in [4.69, 9.17) is 0 Å². The number of fused-ring (bicyclic) bond motifs is 1. The van der Waals surface area contributed by atoms with Crippen LogP contribution in [-0.2, 0) is 0 Å². The fourth-order valence-corrected chi connectivity index (χ4v) is 3.24. The highest BCUT2D eigenvalue weighted by atomic mass is 16.1. The number of guanidine groups is 1. The van der Waals surface area contributed by atoms with E-state index >= 15 is 0 Å². The van der Waals surface area contributed by atoms with Crippen LogP contribution in [0.3, 0.4) is 0 Å². The maximum atomic E-state index is 12.9. The third kappa shape index (κ3) is 3.05. The second-order valence-corrected chi connectivity index (χ2v) is 6.36. The molecule has 0 aromatic heterocycles. The van der Waals surface area contributed by atoms with Crippen molar-refractivity contribution in [3.05, 3.63) is 70.8 Å². The van der Waals surface area contributed by atoms with E-state index in [9.17, 15) is 4.79 Å². The van der Waals surface area contributed by atoms with E-state index < -0.39 is 0 Å². The molecule has 0 aliphatic carbocycles. The van der Waals surface area contributed by atoms with Crippen LogP contribution in [0, 0.1) is 6.92 Å². The maximum Gasteiger partial charge on any atom is 0.215 e. The first-order valence-corrected chi connectivity index (χ1v) is 8.53. The van der Waals surface area contributed by atoms with Gasteiger partial charge in [0.2, 0.25) is 5.96 Å². The summed E-state index contributed by atoms with van der Waals surface area (Å²) in [7, 11) is 0. The molecule has 5 heteroatoms. The summed E-state index contributed by atoms with van der Waals surface area (Å²) < 4.78 is 0. The minimum Gasteiger partial charge on any atom is -0.353 e. The average Bonchev–Trinajstić information content (AvgIpc) is 3.17. The molecule has 25 heavy (non-hydrogen) atoms. The summed E-state index contributed by atoms with van der Waals surface area (Å²) in [5.41, 5.74) is 4.04. The van der Waals surface area contributed by atoms with Crippen molar-refractivity contribution in [2.24, 2.45) is 10.1 Å². The number of aliphatic imine (C=N–C) groups is 1. The van der Waals surface area contributed by atoms with Gasteiger partial charge in [-0.3, -0.25) is 4.79 Å². The van der Waals surface area contributed by atoms with Crippen molar-refractivity contribution in [3.63, 3.8) is 0 Å². The van der Waals surface area contributed by atoms with Gasteiger partial charge in [0.05, 0.1) is 18.8 Å². The lowest BCUT2D eigenvalue weighted by Crippen LogP contribution is -2.40. The second-order valence-electron chi connectivity index (χ2n) is 6.36. The van der Waals surface area contributed by atoms with Crippen LogP contribution < -0.4 is 5.32 Å². The molecule has 4 rings (SSSR count). The number of hydrogen-bond donors (Lipinski definition) is 1. The van der Waals surface area contributed by atoms with Crippen molar-refractivity contribution in [1.82, 2.24) is 10.3 Å². The number of carbonyl (C=O) groups is 1. The van der Waals surface area contributed by atoms with Crippen molar-refractivity contribution in [2.45, 2.75) is 19.4 Å². The molecular weight excluding hydrogens is 312 g/mol. The van der Waals surface area contributed by atoms with Crippen molar-refractivity contribution in [3.8, 4) is 0 Å². The van der Waals surface area contributed by atoms with Crippen molar-refractivity contribution < 1.29 is 4.79 Å². The highest BCUT2D eigenvalue weighted by molar-refractivity contribution is 5.97. The molecule has 2 aromatic rings. The summed E-state index contributed by atoms with van der Waals surface area (Å²) in [6.45, 7) is 3.56. The molecule has 0 radical (unpaired) electrons. The molecule has 0 unspecified atom stereocenters. The predicted octanol–water partition coefficient (Wildman–Crippen LogP) is 2.92. The zero-order chi connectivity index (χ0) is 17.2. The molecule has 2 aliphatic heterocycles. The first-order valence-electron chi connectivity index (χ1n) is 8.53. The molecule has 2 aromatic carbocycles. The molecule has 0 bridgehead atoms. The Morgan fingerprint density at radius 2 is 2.00 bits per heavy atom. The Morgan fingerprint density at radius 1 is 1.20 bits per heavy atom. The number of aryl methyl sites for hydroxylation is 1. The standard InChI is InChI=1S/C20H20N4O/c1-14-6-8-15(9-7-14)19(25)12-18-17-5-3-2-4-16(17)13-23-24(18)20-21-10-11-22-20/h2-9,13,18H,10-12H2,1H3,(H,21,22)/t18-/m1/s1. The molecule has 0 saturated heterocycles. The Morgan fingerprint density at radius 3 is 2.76 bits per heavy atom. The van der Waals surface area contributed by atoms with Crippen molar-refractivity contribution in [1.29, 1.82) is 0 Å². The van der Waals surface area contributed by atoms with Crippen LogP contribution in [0.1, 0.15) is 39.5 Å². The summed E-state index contributed by atoms with van der Waals surface area (Å²) in [5, 5.41) is 9.66. The van der Waals surface area contributed by atoms with E-state index in [1.165, 1.54) is 0 Å². The van der Waals surface area contributed by atoms with E-state index in [0.717, 1.165) is 41.3 Å². The maximum absolute atomic E-state index is 12.9. The molecular formula is C20H20N4O. The van der Waals surface area contributed by atoms with Crippen LogP contribution in [0.15, 0.2) is 58.6 Å². The Bertz CT molecular complexity index is 854. The largest absolute Gasteiger partial charge is 0.353 e. The number of ketones is 1. The van der Waals surface area contributed by atoms with E-state index in [1.54, 1.807) is 0 Å². The van der Waals surface area contributed by atoms with Gasteiger partial charge in [-0.05, 0) is 18.1 Å². The van der Waals surface area contributed by atoms with Gasteiger partial charge in [0.1, 0.15) is 0 Å². The van der Waals surface area contributed by atoms with E-state index in [-0.39, 0.29) is 11.8 Å². The van der Waals surface area contributed by atoms with Gasteiger partial charge in [-0.15, -0.1) is 0 Å². The molecule has 0 saturated carbocycles. The first kappa shape index (κ1) is 15.6. The third-order valence-corrected chi connectivity index (χ3v) is 4.60. The zero-order valence-electron chi connectivity index (χ0n) is 14.1. The highest BCUT2D eigenvalue weighted by Crippen LogP contribution is 2.32. The Balaban J connectivity index is 1.66. The van der Waals surface area contributed by atoms with Crippen LogP contribution in [0.5, 0.6) is 0 Å². The minimum atomic E-state index is -0.153. The van der Waals surface area contributed by atoms with Gasteiger partial charge in [0.25, 0.3) is 0 Å². The molecule has 2 aliphatic rings. The summed E-state index contributed by atoms with van der Waals surface area (Å²) >= 11 is 0. The summed E-state index contributed by atoms with van der Waals surface area (Å²) in [6.07, 6.45) is 2.20. The van der Waals surface area contributed by atoms with Gasteiger partial charge < -0.3 is 5.32 Å². The fraction of sp³-hybridized carbons (Fsp3) is 0.250. The van der Waals surface area contributed by atoms with Crippen molar-refractivity contribution >= 4 is 18.0 Å². The van der Waals surface area contributed by atoms with Gasteiger partial charge in [0, 0.05) is 18.5 Å². The highest BCUT2D eigenvalue weighted by Gasteiger charge is 2.31. The lowest BCUT2D eigenvalue weighted by atomic mass is 9.93. The third-order valence-electron chi connectivity index (χ3n) is 4.60. The molecule has 126 valence electrons. The molecule has 1 atom stereocenters. The van der Waals surface area contributed by atoms with Gasteiger partial charge in [-0.25, -0.2) is 10.0 Å². The SMILES string of the molecule is Cc1ccc(C(=O)C[C@@H]2c3ccccc3C=NN2C2=NCCN2)cc1. The lowest BCUT2D eigenvalue weighted by Gasteiger charge is -2.32. The molecule has 0 fully saturated rings. The lowest BCUT2D eigenvalue weighted by molar-refractivity contribution is 0.0948. The topological polar surface area (TPSA) is 57.1 Å². The van der Waals surface area contributed by atoms with Crippen LogP contribution >= 0.6 is 0 Å². The van der Waals surface area contributed by atoms with Crippen LogP contribution in [-0.4, -0.2) is 36.1 Å². The van der Waals surface area contributed by atoms with Crippen LogP contribution in [0.4, 0.5) is 0 Å². The number of nitrogens with zero attached hydrogens (tertiary/aromatic N) is 3. The molecule has 5 nitrogen and oxygen atoms in total. The normalized spacial score (nSPS) is 18.5. The predicted molar refractivity (Wildman–Crippen MR) is 99.0 cm³/mol. The summed E-state index contributed by atoms with van der Waals surface area (Å²) in [5.74, 6) is 0.855. The van der Waals surface area contributed by atoms with Gasteiger partial charge in [0.15, 0.2) is 5.78 Å². The summed E-state index contributed by atoms with van der Waals surface area (Å²) in [4.78, 5) is 17.3. The number of benzene rings is 2.